The zero-order valence-electron chi connectivity index (χ0n) is 10.9. The van der Waals surface area contributed by atoms with E-state index in [2.05, 4.69) is 44.8 Å². The van der Waals surface area contributed by atoms with Gasteiger partial charge in [0.1, 0.15) is 0 Å². The Morgan fingerprint density at radius 1 is 1.19 bits per heavy atom. The van der Waals surface area contributed by atoms with Crippen LogP contribution in [-0.4, -0.2) is 28.6 Å². The van der Waals surface area contributed by atoms with Crippen LogP contribution < -0.4 is 5.32 Å². The van der Waals surface area contributed by atoms with E-state index in [1.165, 1.54) is 0 Å². The average Bonchev–Trinajstić information content (AvgIpc) is 2.96. The summed E-state index contributed by atoms with van der Waals surface area (Å²) in [7, 11) is 0. The molecule has 1 amide bonds. The van der Waals surface area contributed by atoms with Gasteiger partial charge in [-0.2, -0.15) is 0 Å². The molecular formula is C13H22N2O. The summed E-state index contributed by atoms with van der Waals surface area (Å²) < 4.78 is 0. The maximum absolute atomic E-state index is 12.4. The summed E-state index contributed by atoms with van der Waals surface area (Å²) in [6.45, 7) is 11.2. The summed E-state index contributed by atoms with van der Waals surface area (Å²) in [4.78, 5) is 14.5. The zero-order chi connectivity index (χ0) is 11.9. The molecule has 1 atom stereocenters. The lowest BCUT2D eigenvalue weighted by Gasteiger charge is -2.23. The zero-order valence-corrected chi connectivity index (χ0v) is 10.9. The van der Waals surface area contributed by atoms with Crippen LogP contribution in [-0.2, 0) is 4.79 Å². The maximum Gasteiger partial charge on any atom is 0.244 e. The number of hydrogen-bond donors (Lipinski definition) is 1. The molecule has 2 saturated carbocycles. The van der Waals surface area contributed by atoms with E-state index in [-0.39, 0.29) is 22.5 Å². The molecule has 1 saturated heterocycles. The molecule has 2 aliphatic carbocycles. The van der Waals surface area contributed by atoms with E-state index in [1.54, 1.807) is 0 Å². The van der Waals surface area contributed by atoms with E-state index in [1.807, 2.05) is 0 Å². The Hall–Kier alpha value is -0.570. The molecule has 1 heterocycles. The number of carbonyl (C=O) groups is 1. The molecule has 3 fully saturated rings. The van der Waals surface area contributed by atoms with E-state index in [9.17, 15) is 4.79 Å². The number of hydrogen-bond acceptors (Lipinski definition) is 2. The Bertz CT molecular complexity index is 354. The van der Waals surface area contributed by atoms with Crippen LogP contribution in [0, 0.1) is 10.8 Å². The molecule has 1 N–H and O–H groups in total. The lowest BCUT2D eigenvalue weighted by molar-refractivity contribution is -0.131. The molecule has 0 aromatic heterocycles. The van der Waals surface area contributed by atoms with Gasteiger partial charge in [0.05, 0.1) is 11.7 Å². The first kappa shape index (κ1) is 10.6. The number of carbonyl (C=O) groups excluding carboxylic acids is 1. The molecule has 0 radical (unpaired) electrons. The second-order valence-corrected chi connectivity index (χ2v) is 6.96. The lowest BCUT2D eigenvalue weighted by Crippen LogP contribution is -2.39. The second kappa shape index (κ2) is 2.47. The van der Waals surface area contributed by atoms with Crippen LogP contribution in [0.1, 0.15) is 47.5 Å². The normalized spacial score (nSPS) is 38.2. The fourth-order valence-electron chi connectivity index (χ4n) is 3.64. The molecule has 1 spiro atoms. The van der Waals surface area contributed by atoms with Crippen LogP contribution in [0.3, 0.4) is 0 Å². The monoisotopic (exact) mass is 222 g/mol. The van der Waals surface area contributed by atoms with Gasteiger partial charge in [-0.25, -0.2) is 0 Å². The van der Waals surface area contributed by atoms with Gasteiger partial charge in [0.15, 0.2) is 0 Å². The first-order valence-electron chi connectivity index (χ1n) is 6.34. The van der Waals surface area contributed by atoms with Gasteiger partial charge in [-0.1, -0.05) is 27.7 Å². The molecule has 1 unspecified atom stereocenters. The van der Waals surface area contributed by atoms with Crippen LogP contribution in [0.4, 0.5) is 0 Å². The lowest BCUT2D eigenvalue weighted by atomic mass is 10.0. The number of nitrogens with one attached hydrogen (secondary N) is 1. The molecule has 1 aliphatic heterocycles. The Morgan fingerprint density at radius 3 is 2.00 bits per heavy atom. The first-order valence-corrected chi connectivity index (χ1v) is 6.34. The van der Waals surface area contributed by atoms with Crippen molar-refractivity contribution in [1.82, 2.24) is 10.2 Å². The standard InChI is InChI=1S/C13H22N2O/c1-8-14-13(6-7-13)10(16)15(8)9-11(2,3)12(9,4)5/h8-9,14H,6-7H2,1-5H3. The molecule has 3 heteroatoms. The van der Waals surface area contributed by atoms with Crippen molar-refractivity contribution >= 4 is 5.91 Å². The molecule has 3 rings (SSSR count). The van der Waals surface area contributed by atoms with E-state index in [0.717, 1.165) is 12.8 Å². The third-order valence-electron chi connectivity index (χ3n) is 5.52. The van der Waals surface area contributed by atoms with Crippen LogP contribution in [0.2, 0.25) is 0 Å². The molecule has 16 heavy (non-hydrogen) atoms. The van der Waals surface area contributed by atoms with Crippen molar-refractivity contribution in [2.75, 3.05) is 0 Å². The highest BCUT2D eigenvalue weighted by molar-refractivity contribution is 5.92. The van der Waals surface area contributed by atoms with Crippen LogP contribution in [0.5, 0.6) is 0 Å². The van der Waals surface area contributed by atoms with E-state index in [4.69, 9.17) is 0 Å². The molecule has 3 aliphatic rings. The summed E-state index contributed by atoms with van der Waals surface area (Å²) in [5.74, 6) is 0.351. The third kappa shape index (κ3) is 0.963. The minimum atomic E-state index is -0.159. The predicted octanol–water partition coefficient (Wildman–Crippen LogP) is 1.73. The molecule has 90 valence electrons. The minimum absolute atomic E-state index is 0.159. The molecule has 0 aromatic rings. The van der Waals surface area contributed by atoms with Crippen molar-refractivity contribution in [3.63, 3.8) is 0 Å². The van der Waals surface area contributed by atoms with Crippen molar-refractivity contribution in [2.45, 2.75) is 65.2 Å². The highest BCUT2D eigenvalue weighted by atomic mass is 16.2. The van der Waals surface area contributed by atoms with Crippen LogP contribution in [0.25, 0.3) is 0 Å². The van der Waals surface area contributed by atoms with E-state index in [0.29, 0.717) is 11.9 Å². The number of amides is 1. The topological polar surface area (TPSA) is 32.3 Å². The van der Waals surface area contributed by atoms with Crippen molar-refractivity contribution in [3.8, 4) is 0 Å². The third-order valence-corrected chi connectivity index (χ3v) is 5.52. The van der Waals surface area contributed by atoms with Gasteiger partial charge < -0.3 is 4.90 Å². The van der Waals surface area contributed by atoms with Crippen LogP contribution >= 0.6 is 0 Å². The Morgan fingerprint density at radius 2 is 1.69 bits per heavy atom. The van der Waals surface area contributed by atoms with Gasteiger partial charge in [-0.3, -0.25) is 10.1 Å². The highest BCUT2D eigenvalue weighted by Gasteiger charge is 2.72. The summed E-state index contributed by atoms with van der Waals surface area (Å²) in [5, 5.41) is 3.48. The summed E-state index contributed by atoms with van der Waals surface area (Å²) in [6.07, 6.45) is 2.27. The SMILES string of the molecule is CC1NC2(CC2)C(=O)N1C1C(C)(C)C1(C)C. The van der Waals surface area contributed by atoms with Gasteiger partial charge in [-0.15, -0.1) is 0 Å². The van der Waals surface area contributed by atoms with Crippen molar-refractivity contribution in [3.05, 3.63) is 0 Å². The average molecular weight is 222 g/mol. The minimum Gasteiger partial charge on any atom is -0.322 e. The van der Waals surface area contributed by atoms with Gasteiger partial charge in [0.2, 0.25) is 5.91 Å². The van der Waals surface area contributed by atoms with E-state index >= 15 is 0 Å². The Kier molecular flexibility index (Phi) is 1.64. The summed E-state index contributed by atoms with van der Waals surface area (Å²) in [5.41, 5.74) is 0.339. The molecular weight excluding hydrogens is 200 g/mol. The Balaban J connectivity index is 1.90. The van der Waals surface area contributed by atoms with Gasteiger partial charge in [0.25, 0.3) is 0 Å². The van der Waals surface area contributed by atoms with Gasteiger partial charge >= 0.3 is 0 Å². The van der Waals surface area contributed by atoms with Crippen molar-refractivity contribution in [2.24, 2.45) is 10.8 Å². The van der Waals surface area contributed by atoms with Crippen molar-refractivity contribution < 1.29 is 4.79 Å². The molecule has 0 bridgehead atoms. The number of nitrogens with zero attached hydrogens (tertiary/aromatic N) is 1. The maximum atomic E-state index is 12.4. The smallest absolute Gasteiger partial charge is 0.244 e. The molecule has 3 nitrogen and oxygen atoms in total. The fourth-order valence-corrected chi connectivity index (χ4v) is 3.64. The quantitative estimate of drug-likeness (QED) is 0.733. The second-order valence-electron chi connectivity index (χ2n) is 6.96. The Labute approximate surface area is 97.6 Å². The highest BCUT2D eigenvalue weighted by Crippen LogP contribution is 2.66. The summed E-state index contributed by atoms with van der Waals surface area (Å²) in [6, 6.07) is 0.398. The largest absolute Gasteiger partial charge is 0.322 e. The number of rotatable bonds is 1. The summed E-state index contributed by atoms with van der Waals surface area (Å²) >= 11 is 0. The van der Waals surface area contributed by atoms with Gasteiger partial charge in [-0.05, 0) is 30.6 Å². The van der Waals surface area contributed by atoms with Crippen molar-refractivity contribution in [1.29, 1.82) is 0 Å². The fraction of sp³-hybridized carbons (Fsp3) is 0.923. The van der Waals surface area contributed by atoms with E-state index < -0.39 is 0 Å². The molecule has 0 aromatic carbocycles. The predicted molar refractivity (Wildman–Crippen MR) is 62.8 cm³/mol. The van der Waals surface area contributed by atoms with Gasteiger partial charge in [0, 0.05) is 6.04 Å². The van der Waals surface area contributed by atoms with Crippen LogP contribution in [0.15, 0.2) is 0 Å². The first-order chi connectivity index (χ1) is 7.24.